The van der Waals surface area contributed by atoms with Crippen LogP contribution in [-0.2, 0) is 9.53 Å². The van der Waals surface area contributed by atoms with Gasteiger partial charge in [0.1, 0.15) is 5.75 Å². The fraction of sp³-hybridized carbons (Fsp3) is 0.529. The molecule has 22 heavy (non-hydrogen) atoms. The van der Waals surface area contributed by atoms with Crippen molar-refractivity contribution in [3.05, 3.63) is 29.3 Å². The minimum Gasteiger partial charge on any atom is -0.496 e. The third-order valence-corrected chi connectivity index (χ3v) is 3.99. The molecule has 1 aromatic rings. The Morgan fingerprint density at radius 1 is 1.27 bits per heavy atom. The normalized spacial score (nSPS) is 15.5. The highest BCUT2D eigenvalue weighted by atomic mass is 16.5. The molecular formula is C17H23NO4. The molecule has 0 bridgehead atoms. The van der Waals surface area contributed by atoms with Gasteiger partial charge in [0.05, 0.1) is 25.2 Å². The van der Waals surface area contributed by atoms with E-state index in [0.29, 0.717) is 43.9 Å². The van der Waals surface area contributed by atoms with E-state index in [-0.39, 0.29) is 17.8 Å². The lowest BCUT2D eigenvalue weighted by molar-refractivity contribution is -0.149. The molecule has 0 aromatic heterocycles. The molecule has 1 aromatic carbocycles. The fourth-order valence-corrected chi connectivity index (χ4v) is 2.74. The minimum atomic E-state index is -0.150. The Hall–Kier alpha value is -2.04. The Balaban J connectivity index is 2.04. The van der Waals surface area contributed by atoms with Crippen molar-refractivity contribution >= 4 is 11.9 Å². The molecule has 0 aliphatic carbocycles. The van der Waals surface area contributed by atoms with Crippen LogP contribution >= 0.6 is 0 Å². The first-order chi connectivity index (χ1) is 10.6. The maximum absolute atomic E-state index is 12.7. The Labute approximate surface area is 131 Å². The van der Waals surface area contributed by atoms with Gasteiger partial charge in [0.25, 0.3) is 5.91 Å². The molecule has 1 aliphatic rings. The summed E-state index contributed by atoms with van der Waals surface area (Å²) in [6.45, 7) is 5.29. The van der Waals surface area contributed by atoms with E-state index in [1.54, 1.807) is 18.9 Å². The lowest BCUT2D eigenvalue weighted by atomic mass is 9.96. The van der Waals surface area contributed by atoms with Crippen LogP contribution in [0.15, 0.2) is 18.2 Å². The summed E-state index contributed by atoms with van der Waals surface area (Å²) < 4.78 is 10.3. The Kier molecular flexibility index (Phi) is 5.41. The van der Waals surface area contributed by atoms with E-state index in [2.05, 4.69) is 0 Å². The minimum absolute atomic E-state index is 0.0390. The van der Waals surface area contributed by atoms with Crippen LogP contribution in [0.1, 0.15) is 35.7 Å². The SMILES string of the molecule is CCOC(=O)C1CCN(C(=O)c2cc(C)ccc2OC)CC1. The summed E-state index contributed by atoms with van der Waals surface area (Å²) in [6, 6.07) is 5.58. The first kappa shape index (κ1) is 16.3. The van der Waals surface area contributed by atoms with Gasteiger partial charge in [-0.05, 0) is 38.8 Å². The number of hydrogen-bond acceptors (Lipinski definition) is 4. The van der Waals surface area contributed by atoms with E-state index < -0.39 is 0 Å². The van der Waals surface area contributed by atoms with Gasteiger partial charge in [0.2, 0.25) is 0 Å². The number of hydrogen-bond donors (Lipinski definition) is 0. The maximum Gasteiger partial charge on any atom is 0.309 e. The number of benzene rings is 1. The van der Waals surface area contributed by atoms with E-state index in [1.165, 1.54) is 0 Å². The zero-order valence-corrected chi connectivity index (χ0v) is 13.4. The highest BCUT2D eigenvalue weighted by molar-refractivity contribution is 5.97. The van der Waals surface area contributed by atoms with E-state index in [0.717, 1.165) is 5.56 Å². The fourth-order valence-electron chi connectivity index (χ4n) is 2.74. The Morgan fingerprint density at radius 3 is 2.55 bits per heavy atom. The van der Waals surface area contributed by atoms with Crippen molar-refractivity contribution in [2.24, 2.45) is 5.92 Å². The van der Waals surface area contributed by atoms with Crippen LogP contribution in [0.5, 0.6) is 5.75 Å². The largest absolute Gasteiger partial charge is 0.496 e. The predicted molar refractivity (Wildman–Crippen MR) is 83.0 cm³/mol. The zero-order valence-electron chi connectivity index (χ0n) is 13.4. The summed E-state index contributed by atoms with van der Waals surface area (Å²) >= 11 is 0. The van der Waals surface area contributed by atoms with Crippen LogP contribution in [-0.4, -0.2) is 43.6 Å². The lowest BCUT2D eigenvalue weighted by Crippen LogP contribution is -2.40. The average Bonchev–Trinajstić information content (AvgIpc) is 2.54. The molecule has 1 heterocycles. The van der Waals surface area contributed by atoms with Crippen molar-refractivity contribution in [2.75, 3.05) is 26.8 Å². The summed E-state index contributed by atoms with van der Waals surface area (Å²) in [5.41, 5.74) is 1.60. The molecule has 1 amide bonds. The number of ether oxygens (including phenoxy) is 2. The summed E-state index contributed by atoms with van der Waals surface area (Å²) in [5, 5.41) is 0. The molecule has 5 nitrogen and oxygen atoms in total. The van der Waals surface area contributed by atoms with Gasteiger partial charge in [0, 0.05) is 13.1 Å². The highest BCUT2D eigenvalue weighted by Gasteiger charge is 2.29. The van der Waals surface area contributed by atoms with Gasteiger partial charge in [-0.3, -0.25) is 9.59 Å². The third kappa shape index (κ3) is 3.59. The van der Waals surface area contributed by atoms with Crippen molar-refractivity contribution in [1.82, 2.24) is 4.90 Å². The van der Waals surface area contributed by atoms with Gasteiger partial charge < -0.3 is 14.4 Å². The molecular weight excluding hydrogens is 282 g/mol. The van der Waals surface area contributed by atoms with Crippen LogP contribution < -0.4 is 4.74 Å². The molecule has 1 saturated heterocycles. The second-order valence-corrected chi connectivity index (χ2v) is 5.52. The van der Waals surface area contributed by atoms with Crippen molar-refractivity contribution in [2.45, 2.75) is 26.7 Å². The smallest absolute Gasteiger partial charge is 0.309 e. The Morgan fingerprint density at radius 2 is 1.95 bits per heavy atom. The topological polar surface area (TPSA) is 55.8 Å². The molecule has 1 aliphatic heterocycles. The summed E-state index contributed by atoms with van der Waals surface area (Å²) in [4.78, 5) is 26.2. The number of methoxy groups -OCH3 is 1. The van der Waals surface area contributed by atoms with Crippen molar-refractivity contribution in [3.8, 4) is 5.75 Å². The number of carbonyl (C=O) groups is 2. The molecule has 1 fully saturated rings. The second-order valence-electron chi connectivity index (χ2n) is 5.52. The van der Waals surface area contributed by atoms with Gasteiger partial charge in [-0.25, -0.2) is 0 Å². The summed E-state index contributed by atoms with van der Waals surface area (Å²) in [7, 11) is 1.56. The number of nitrogens with zero attached hydrogens (tertiary/aromatic N) is 1. The maximum atomic E-state index is 12.7. The van der Waals surface area contributed by atoms with Crippen LogP contribution in [0.3, 0.4) is 0 Å². The first-order valence-corrected chi connectivity index (χ1v) is 7.67. The number of carbonyl (C=O) groups excluding carboxylic acids is 2. The molecule has 120 valence electrons. The van der Waals surface area contributed by atoms with Crippen LogP contribution in [0.25, 0.3) is 0 Å². The highest BCUT2D eigenvalue weighted by Crippen LogP contribution is 2.25. The molecule has 2 rings (SSSR count). The number of aryl methyl sites for hydroxylation is 1. The first-order valence-electron chi connectivity index (χ1n) is 7.67. The lowest BCUT2D eigenvalue weighted by Gasteiger charge is -2.31. The summed E-state index contributed by atoms with van der Waals surface area (Å²) in [6.07, 6.45) is 1.30. The van der Waals surface area contributed by atoms with Gasteiger partial charge in [-0.2, -0.15) is 0 Å². The summed E-state index contributed by atoms with van der Waals surface area (Å²) in [5.74, 6) is 0.303. The second kappa shape index (κ2) is 7.29. The molecule has 0 saturated carbocycles. The average molecular weight is 305 g/mol. The van der Waals surface area contributed by atoms with Crippen molar-refractivity contribution in [1.29, 1.82) is 0 Å². The van der Waals surface area contributed by atoms with E-state index >= 15 is 0 Å². The molecule has 0 N–H and O–H groups in total. The van der Waals surface area contributed by atoms with E-state index in [1.807, 2.05) is 25.1 Å². The molecule has 0 unspecified atom stereocenters. The molecule has 0 atom stereocenters. The van der Waals surface area contributed by atoms with Crippen LogP contribution in [0.2, 0.25) is 0 Å². The number of piperidine rings is 1. The predicted octanol–water partition coefficient (Wildman–Crippen LogP) is 2.42. The molecule has 5 heteroatoms. The number of likely N-dealkylation sites (tertiary alicyclic amines) is 1. The third-order valence-electron chi connectivity index (χ3n) is 3.99. The van der Waals surface area contributed by atoms with Gasteiger partial charge in [0.15, 0.2) is 0 Å². The quantitative estimate of drug-likeness (QED) is 0.802. The molecule has 0 spiro atoms. The van der Waals surface area contributed by atoms with Crippen molar-refractivity contribution in [3.63, 3.8) is 0 Å². The standard InChI is InChI=1S/C17H23NO4/c1-4-22-17(20)13-7-9-18(10-8-13)16(19)14-11-12(2)5-6-15(14)21-3/h5-6,11,13H,4,7-10H2,1-3H3. The Bertz CT molecular complexity index is 548. The number of amides is 1. The van der Waals surface area contributed by atoms with E-state index in [4.69, 9.17) is 9.47 Å². The van der Waals surface area contributed by atoms with E-state index in [9.17, 15) is 9.59 Å². The van der Waals surface area contributed by atoms with Gasteiger partial charge in [-0.1, -0.05) is 11.6 Å². The van der Waals surface area contributed by atoms with Crippen LogP contribution in [0.4, 0.5) is 0 Å². The van der Waals surface area contributed by atoms with Crippen molar-refractivity contribution < 1.29 is 19.1 Å². The van der Waals surface area contributed by atoms with Gasteiger partial charge in [-0.15, -0.1) is 0 Å². The molecule has 0 radical (unpaired) electrons. The number of rotatable bonds is 4. The zero-order chi connectivity index (χ0) is 16.1. The monoisotopic (exact) mass is 305 g/mol. The van der Waals surface area contributed by atoms with Crippen LogP contribution in [0, 0.1) is 12.8 Å². The number of esters is 1. The van der Waals surface area contributed by atoms with Gasteiger partial charge >= 0.3 is 5.97 Å².